The van der Waals surface area contributed by atoms with Gasteiger partial charge >= 0.3 is 5.97 Å². The molecule has 178 valence electrons. The summed E-state index contributed by atoms with van der Waals surface area (Å²) in [6.07, 6.45) is 4.09. The molecule has 0 heterocycles. The first-order valence-electron chi connectivity index (χ1n) is 11.2. The van der Waals surface area contributed by atoms with Crippen molar-refractivity contribution in [3.63, 3.8) is 0 Å². The van der Waals surface area contributed by atoms with Crippen molar-refractivity contribution in [3.05, 3.63) is 51.9 Å². The van der Waals surface area contributed by atoms with Crippen molar-refractivity contribution in [1.82, 2.24) is 0 Å². The fourth-order valence-electron chi connectivity index (χ4n) is 4.02. The van der Waals surface area contributed by atoms with E-state index in [4.69, 9.17) is 4.74 Å². The lowest BCUT2D eigenvalue weighted by Crippen LogP contribution is -2.33. The fraction of sp³-hybridized carbons (Fsp3) is 0.423. The highest BCUT2D eigenvalue weighted by atomic mass is 32.2. The molecular formula is C26H33NO5S. The molecule has 3 rings (SSSR count). The Morgan fingerprint density at radius 3 is 2.36 bits per heavy atom. The molecule has 1 fully saturated rings. The summed E-state index contributed by atoms with van der Waals surface area (Å²) in [5.74, 6) is -1.07. The summed E-state index contributed by atoms with van der Waals surface area (Å²) in [7, 11) is -3.42. The minimum atomic E-state index is -3.42. The summed E-state index contributed by atoms with van der Waals surface area (Å²) in [6.45, 7) is 11.2. The monoisotopic (exact) mass is 471 g/mol. The van der Waals surface area contributed by atoms with Gasteiger partial charge in [-0.25, -0.2) is 13.2 Å². The SMILES string of the molecule is CC=c1cc(C)c(C(OC(C)(C)C)C(=O)O)c(-c2cccc(NS(=O)(=O)C3CC3)c2)c1=CC. The Bertz CT molecular complexity index is 1290. The number of sulfonamides is 1. The highest BCUT2D eigenvalue weighted by molar-refractivity contribution is 7.93. The largest absolute Gasteiger partial charge is 0.479 e. The third-order valence-corrected chi connectivity index (χ3v) is 7.45. The number of hydrogen-bond acceptors (Lipinski definition) is 4. The average molecular weight is 472 g/mol. The van der Waals surface area contributed by atoms with E-state index in [9.17, 15) is 18.3 Å². The zero-order valence-corrected chi connectivity index (χ0v) is 20.9. The molecule has 0 bridgehead atoms. The number of benzene rings is 2. The third kappa shape index (κ3) is 5.65. The van der Waals surface area contributed by atoms with E-state index in [1.807, 2.05) is 65.8 Å². The molecule has 33 heavy (non-hydrogen) atoms. The van der Waals surface area contributed by atoms with Crippen LogP contribution in [0.3, 0.4) is 0 Å². The number of anilines is 1. The molecule has 0 radical (unpaired) electrons. The lowest BCUT2D eigenvalue weighted by Gasteiger charge is -2.28. The summed E-state index contributed by atoms with van der Waals surface area (Å²) in [5.41, 5.74) is 2.60. The Kier molecular flexibility index (Phi) is 7.05. The molecule has 2 aromatic rings. The van der Waals surface area contributed by atoms with Crippen molar-refractivity contribution in [3.8, 4) is 11.1 Å². The maximum absolute atomic E-state index is 12.5. The number of hydrogen-bond donors (Lipinski definition) is 2. The minimum absolute atomic E-state index is 0.340. The maximum atomic E-state index is 12.5. The zero-order valence-electron chi connectivity index (χ0n) is 20.1. The molecule has 0 aliphatic heterocycles. The van der Waals surface area contributed by atoms with Crippen LogP contribution in [-0.2, 0) is 19.6 Å². The normalized spacial score (nSPS) is 16.7. The maximum Gasteiger partial charge on any atom is 0.337 e. The molecule has 1 atom stereocenters. The number of carbonyl (C=O) groups is 1. The van der Waals surface area contributed by atoms with Crippen LogP contribution < -0.4 is 15.2 Å². The third-order valence-electron chi connectivity index (χ3n) is 5.58. The standard InChI is InChI=1S/C26H33NO5S/c1-7-17-14-16(3)22(24(25(28)29)32-26(4,5)6)23(21(17)8-2)18-10-9-11-19(15-18)27-33(30,31)20-12-13-20/h7-11,14-15,20,24,27H,12-13H2,1-6H3,(H,28,29). The van der Waals surface area contributed by atoms with Crippen LogP contribution in [0.25, 0.3) is 23.3 Å². The zero-order chi connectivity index (χ0) is 24.6. The summed E-state index contributed by atoms with van der Waals surface area (Å²) in [4.78, 5) is 12.4. The number of carboxylic acid groups (broad SMARTS) is 1. The van der Waals surface area contributed by atoms with E-state index in [0.717, 1.165) is 27.1 Å². The van der Waals surface area contributed by atoms with E-state index >= 15 is 0 Å². The van der Waals surface area contributed by atoms with Crippen LogP contribution in [0.1, 0.15) is 64.7 Å². The van der Waals surface area contributed by atoms with Gasteiger partial charge in [0.05, 0.1) is 10.9 Å². The minimum Gasteiger partial charge on any atom is -0.479 e. The summed E-state index contributed by atoms with van der Waals surface area (Å²) in [6, 6.07) is 9.09. The van der Waals surface area contributed by atoms with Crippen molar-refractivity contribution in [1.29, 1.82) is 0 Å². The van der Waals surface area contributed by atoms with Crippen LogP contribution in [0, 0.1) is 6.92 Å². The topological polar surface area (TPSA) is 92.7 Å². The van der Waals surface area contributed by atoms with Gasteiger partial charge in [-0.05, 0) is 93.6 Å². The van der Waals surface area contributed by atoms with E-state index in [2.05, 4.69) is 4.72 Å². The van der Waals surface area contributed by atoms with E-state index < -0.39 is 27.7 Å². The van der Waals surface area contributed by atoms with Gasteiger partial charge in [-0.15, -0.1) is 0 Å². The number of aryl methyl sites for hydroxylation is 1. The van der Waals surface area contributed by atoms with Crippen LogP contribution in [0.2, 0.25) is 0 Å². The average Bonchev–Trinajstić information content (AvgIpc) is 3.56. The van der Waals surface area contributed by atoms with E-state index in [1.54, 1.807) is 18.2 Å². The molecule has 1 saturated carbocycles. The quantitative estimate of drug-likeness (QED) is 0.634. The molecule has 2 N–H and O–H groups in total. The van der Waals surface area contributed by atoms with Crippen LogP contribution >= 0.6 is 0 Å². The van der Waals surface area contributed by atoms with Gasteiger partial charge in [0, 0.05) is 11.3 Å². The predicted molar refractivity (Wildman–Crippen MR) is 133 cm³/mol. The molecule has 0 amide bonds. The Morgan fingerprint density at radius 2 is 1.85 bits per heavy atom. The number of nitrogens with one attached hydrogen (secondary N) is 1. The second-order valence-electron chi connectivity index (χ2n) is 9.44. The summed E-state index contributed by atoms with van der Waals surface area (Å²) >= 11 is 0. The number of ether oxygens (including phenoxy) is 1. The Labute approximate surface area is 196 Å². The van der Waals surface area contributed by atoms with Gasteiger partial charge in [0.25, 0.3) is 0 Å². The van der Waals surface area contributed by atoms with Gasteiger partial charge in [-0.1, -0.05) is 30.4 Å². The first kappa shape index (κ1) is 25.0. The van der Waals surface area contributed by atoms with Crippen molar-refractivity contribution in [2.24, 2.45) is 0 Å². The smallest absolute Gasteiger partial charge is 0.337 e. The first-order chi connectivity index (χ1) is 15.4. The lowest BCUT2D eigenvalue weighted by atomic mass is 9.88. The Morgan fingerprint density at radius 1 is 1.18 bits per heavy atom. The van der Waals surface area contributed by atoms with Gasteiger partial charge < -0.3 is 9.84 Å². The molecule has 7 heteroatoms. The molecule has 1 unspecified atom stereocenters. The van der Waals surface area contributed by atoms with E-state index in [1.165, 1.54) is 0 Å². The molecule has 0 aromatic heterocycles. The van der Waals surface area contributed by atoms with Gasteiger partial charge in [0.1, 0.15) is 0 Å². The number of rotatable bonds is 7. The molecule has 1 aliphatic rings. The summed E-state index contributed by atoms with van der Waals surface area (Å²) in [5, 5.41) is 11.6. The lowest BCUT2D eigenvalue weighted by molar-refractivity contribution is -0.160. The van der Waals surface area contributed by atoms with Crippen molar-refractivity contribution in [2.45, 2.75) is 71.3 Å². The molecular weight excluding hydrogens is 438 g/mol. The van der Waals surface area contributed by atoms with Crippen molar-refractivity contribution < 1.29 is 23.1 Å². The number of aliphatic carboxylic acids is 1. The Hall–Kier alpha value is -2.64. The molecule has 0 saturated heterocycles. The molecule has 0 spiro atoms. The first-order valence-corrected chi connectivity index (χ1v) is 12.7. The van der Waals surface area contributed by atoms with E-state index in [-0.39, 0.29) is 5.25 Å². The Balaban J connectivity index is 2.29. The van der Waals surface area contributed by atoms with Crippen LogP contribution in [0.4, 0.5) is 5.69 Å². The number of carboxylic acids is 1. The van der Waals surface area contributed by atoms with E-state index in [0.29, 0.717) is 24.1 Å². The fourth-order valence-corrected chi connectivity index (χ4v) is 5.40. The summed E-state index contributed by atoms with van der Waals surface area (Å²) < 4.78 is 33.7. The van der Waals surface area contributed by atoms with Gasteiger partial charge in [0.2, 0.25) is 10.0 Å². The molecule has 6 nitrogen and oxygen atoms in total. The van der Waals surface area contributed by atoms with Gasteiger partial charge in [-0.3, -0.25) is 4.72 Å². The molecule has 1 aliphatic carbocycles. The highest BCUT2D eigenvalue weighted by Crippen LogP contribution is 2.35. The second kappa shape index (κ2) is 9.31. The highest BCUT2D eigenvalue weighted by Gasteiger charge is 2.36. The van der Waals surface area contributed by atoms with Crippen LogP contribution in [-0.4, -0.2) is 30.3 Å². The van der Waals surface area contributed by atoms with Crippen molar-refractivity contribution in [2.75, 3.05) is 4.72 Å². The van der Waals surface area contributed by atoms with Gasteiger partial charge in [0.15, 0.2) is 6.10 Å². The van der Waals surface area contributed by atoms with Crippen LogP contribution in [0.15, 0.2) is 30.3 Å². The van der Waals surface area contributed by atoms with Crippen molar-refractivity contribution >= 4 is 33.8 Å². The van der Waals surface area contributed by atoms with Gasteiger partial charge in [-0.2, -0.15) is 0 Å². The van der Waals surface area contributed by atoms with Crippen LogP contribution in [0.5, 0.6) is 0 Å². The second-order valence-corrected chi connectivity index (χ2v) is 11.4. The molecule has 2 aromatic carbocycles. The predicted octanol–water partition coefficient (Wildman–Crippen LogP) is 4.11.